The van der Waals surface area contributed by atoms with Crippen LogP contribution in [0.5, 0.6) is 0 Å². The topological polar surface area (TPSA) is 65.7 Å². The number of hydrogen-bond acceptors (Lipinski definition) is 4. The lowest BCUT2D eigenvalue weighted by Gasteiger charge is -2.32. The minimum Gasteiger partial charge on any atom is -0.462 e. The number of hydrogen-bond donors (Lipinski definition) is 2. The van der Waals surface area contributed by atoms with Gasteiger partial charge in [0.2, 0.25) is 5.91 Å². The highest BCUT2D eigenvalue weighted by atomic mass is 19.4. The molecule has 5 nitrogen and oxygen atoms in total. The number of likely N-dealkylation sites (tertiary alicyclic amines) is 1. The summed E-state index contributed by atoms with van der Waals surface area (Å²) in [6.07, 6.45) is -1.24. The molecule has 1 aliphatic heterocycles. The lowest BCUT2D eigenvalue weighted by Crippen LogP contribution is -2.35. The van der Waals surface area contributed by atoms with Gasteiger partial charge in [-0.25, -0.2) is 0 Å². The first-order chi connectivity index (χ1) is 13.8. The number of rotatable bonds is 7. The number of carbonyl (C=O) groups excluding carboxylic acids is 1. The molecule has 2 heterocycles. The molecule has 0 saturated carbocycles. The van der Waals surface area contributed by atoms with Gasteiger partial charge in [0.05, 0.1) is 12.1 Å². The molecule has 1 amide bonds. The van der Waals surface area contributed by atoms with E-state index in [9.17, 15) is 18.0 Å². The molecule has 0 unspecified atom stereocenters. The molecule has 158 valence electrons. The number of aliphatic hydroxyl groups is 1. The van der Waals surface area contributed by atoms with Gasteiger partial charge in [-0.1, -0.05) is 0 Å². The number of halogens is 3. The summed E-state index contributed by atoms with van der Waals surface area (Å²) in [4.78, 5) is 14.4. The molecule has 0 aliphatic carbocycles. The fourth-order valence-corrected chi connectivity index (χ4v) is 3.64. The molecular formula is C21H25F3N2O3. The zero-order chi connectivity index (χ0) is 20.9. The molecule has 0 radical (unpaired) electrons. The molecular weight excluding hydrogens is 385 g/mol. The summed E-state index contributed by atoms with van der Waals surface area (Å²) in [5, 5.41) is 11.7. The van der Waals surface area contributed by atoms with Crippen molar-refractivity contribution in [2.45, 2.75) is 45.0 Å². The second kappa shape index (κ2) is 9.45. The lowest BCUT2D eigenvalue weighted by molar-refractivity contribution is -0.137. The van der Waals surface area contributed by atoms with Gasteiger partial charge in [0.25, 0.3) is 0 Å². The van der Waals surface area contributed by atoms with Gasteiger partial charge in [0.15, 0.2) is 0 Å². The molecule has 0 spiro atoms. The summed E-state index contributed by atoms with van der Waals surface area (Å²) in [6.45, 7) is 2.39. The first-order valence-corrected chi connectivity index (χ1v) is 9.71. The number of amides is 1. The van der Waals surface area contributed by atoms with Crippen LogP contribution in [0.15, 0.2) is 40.8 Å². The normalized spacial score (nSPS) is 18.0. The molecule has 1 saturated heterocycles. The molecule has 2 N–H and O–H groups in total. The van der Waals surface area contributed by atoms with Crippen molar-refractivity contribution in [2.75, 3.05) is 18.4 Å². The first kappa shape index (κ1) is 21.4. The van der Waals surface area contributed by atoms with Crippen LogP contribution in [0.1, 0.15) is 42.8 Å². The van der Waals surface area contributed by atoms with E-state index in [1.807, 2.05) is 6.07 Å². The largest absolute Gasteiger partial charge is 0.462 e. The Kier molecular flexibility index (Phi) is 6.97. The molecule has 0 bridgehead atoms. The smallest absolute Gasteiger partial charge is 0.416 e. The zero-order valence-corrected chi connectivity index (χ0v) is 16.0. The summed E-state index contributed by atoms with van der Waals surface area (Å²) in [6, 6.07) is 8.10. The number of benzene rings is 1. The summed E-state index contributed by atoms with van der Waals surface area (Å²) in [5.41, 5.74) is -0.369. The van der Waals surface area contributed by atoms with E-state index in [2.05, 4.69) is 10.2 Å². The van der Waals surface area contributed by atoms with Gasteiger partial charge >= 0.3 is 6.18 Å². The predicted molar refractivity (Wildman–Crippen MR) is 102 cm³/mol. The van der Waals surface area contributed by atoms with Gasteiger partial charge in [0.1, 0.15) is 18.1 Å². The van der Waals surface area contributed by atoms with Crippen molar-refractivity contribution in [2.24, 2.45) is 5.92 Å². The van der Waals surface area contributed by atoms with E-state index < -0.39 is 11.7 Å². The van der Waals surface area contributed by atoms with Gasteiger partial charge in [0, 0.05) is 18.7 Å². The maximum absolute atomic E-state index is 12.6. The minimum absolute atomic E-state index is 0.114. The molecule has 1 aromatic heterocycles. The Bertz CT molecular complexity index is 802. The van der Waals surface area contributed by atoms with E-state index in [0.29, 0.717) is 30.3 Å². The third-order valence-corrected chi connectivity index (χ3v) is 5.13. The maximum Gasteiger partial charge on any atom is 0.416 e. The number of aliphatic hydroxyl groups excluding tert-OH is 1. The summed E-state index contributed by atoms with van der Waals surface area (Å²) >= 11 is 0. The van der Waals surface area contributed by atoms with E-state index in [4.69, 9.17) is 9.52 Å². The highest BCUT2D eigenvalue weighted by Gasteiger charge is 2.30. The van der Waals surface area contributed by atoms with Crippen molar-refractivity contribution in [1.82, 2.24) is 4.90 Å². The predicted octanol–water partition coefficient (Wildman–Crippen LogP) is 4.42. The average molecular weight is 410 g/mol. The third kappa shape index (κ3) is 6.33. The monoisotopic (exact) mass is 410 g/mol. The SMILES string of the molecule is O=C(CC[C@@H]1CCCN(Cc2ccc(CO)o2)C1)Nc1ccc(C(F)(F)F)cc1. The van der Waals surface area contributed by atoms with Crippen molar-refractivity contribution in [1.29, 1.82) is 0 Å². The van der Waals surface area contributed by atoms with E-state index in [-0.39, 0.29) is 12.5 Å². The number of anilines is 1. The Labute approximate surface area is 167 Å². The summed E-state index contributed by atoms with van der Waals surface area (Å²) in [7, 11) is 0. The zero-order valence-electron chi connectivity index (χ0n) is 16.0. The second-order valence-corrected chi connectivity index (χ2v) is 7.43. The van der Waals surface area contributed by atoms with Crippen LogP contribution in [0.4, 0.5) is 18.9 Å². The second-order valence-electron chi connectivity index (χ2n) is 7.43. The summed E-state index contributed by atoms with van der Waals surface area (Å²) < 4.78 is 43.3. The highest BCUT2D eigenvalue weighted by molar-refractivity contribution is 5.90. The fraction of sp³-hybridized carbons (Fsp3) is 0.476. The van der Waals surface area contributed by atoms with E-state index in [1.165, 1.54) is 12.1 Å². The highest BCUT2D eigenvalue weighted by Crippen LogP contribution is 2.30. The van der Waals surface area contributed by atoms with Crippen molar-refractivity contribution >= 4 is 11.6 Å². The number of nitrogens with zero attached hydrogens (tertiary/aromatic N) is 1. The van der Waals surface area contributed by atoms with Crippen LogP contribution >= 0.6 is 0 Å². The van der Waals surface area contributed by atoms with E-state index >= 15 is 0 Å². The van der Waals surface area contributed by atoms with Gasteiger partial charge in [-0.15, -0.1) is 0 Å². The minimum atomic E-state index is -4.38. The standard InChI is InChI=1S/C21H25F3N2O3/c22-21(23,24)16-4-6-17(7-5-16)25-20(28)10-3-15-2-1-11-26(12-15)13-18-8-9-19(14-27)29-18/h4-9,15,27H,1-3,10-14H2,(H,25,28)/t15-/m0/s1. The molecule has 8 heteroatoms. The van der Waals surface area contributed by atoms with Gasteiger partial charge < -0.3 is 14.8 Å². The number of carbonyl (C=O) groups is 1. The van der Waals surface area contributed by atoms with Crippen LogP contribution in [-0.4, -0.2) is 29.0 Å². The Morgan fingerprint density at radius 1 is 1.17 bits per heavy atom. The molecule has 1 fully saturated rings. The molecule has 3 rings (SSSR count). The average Bonchev–Trinajstić information content (AvgIpc) is 3.14. The Morgan fingerprint density at radius 2 is 1.90 bits per heavy atom. The van der Waals surface area contributed by atoms with Crippen LogP contribution in [0.2, 0.25) is 0 Å². The van der Waals surface area contributed by atoms with Gasteiger partial charge in [-0.2, -0.15) is 13.2 Å². The fourth-order valence-electron chi connectivity index (χ4n) is 3.64. The molecule has 1 aromatic carbocycles. The van der Waals surface area contributed by atoms with Gasteiger partial charge in [-0.3, -0.25) is 9.69 Å². The van der Waals surface area contributed by atoms with E-state index in [0.717, 1.165) is 50.2 Å². The van der Waals surface area contributed by atoms with Crippen LogP contribution in [0.25, 0.3) is 0 Å². The number of furan rings is 1. The number of piperidine rings is 1. The van der Waals surface area contributed by atoms with Crippen molar-refractivity contribution in [3.05, 3.63) is 53.5 Å². The van der Waals surface area contributed by atoms with Crippen LogP contribution in [0, 0.1) is 5.92 Å². The lowest BCUT2D eigenvalue weighted by atomic mass is 9.93. The Morgan fingerprint density at radius 3 is 2.55 bits per heavy atom. The van der Waals surface area contributed by atoms with Crippen molar-refractivity contribution in [3.63, 3.8) is 0 Å². The molecule has 29 heavy (non-hydrogen) atoms. The Hall–Kier alpha value is -2.32. The van der Waals surface area contributed by atoms with Crippen LogP contribution in [0.3, 0.4) is 0 Å². The van der Waals surface area contributed by atoms with Gasteiger partial charge in [-0.05, 0) is 68.1 Å². The number of nitrogens with one attached hydrogen (secondary N) is 1. The molecule has 1 aliphatic rings. The first-order valence-electron chi connectivity index (χ1n) is 9.71. The Balaban J connectivity index is 1.43. The third-order valence-electron chi connectivity index (χ3n) is 5.13. The van der Waals surface area contributed by atoms with Crippen LogP contribution in [-0.2, 0) is 24.1 Å². The maximum atomic E-state index is 12.6. The van der Waals surface area contributed by atoms with E-state index in [1.54, 1.807) is 6.07 Å². The quantitative estimate of drug-likeness (QED) is 0.709. The van der Waals surface area contributed by atoms with Crippen LogP contribution < -0.4 is 5.32 Å². The van der Waals surface area contributed by atoms with Crippen molar-refractivity contribution in [3.8, 4) is 0 Å². The van der Waals surface area contributed by atoms with Crippen molar-refractivity contribution < 1.29 is 27.5 Å². The summed E-state index contributed by atoms with van der Waals surface area (Å²) in [5.74, 6) is 1.55. The molecule has 1 atom stereocenters. The molecule has 2 aromatic rings. The number of alkyl halides is 3.